The van der Waals surface area contributed by atoms with Gasteiger partial charge in [0.15, 0.2) is 0 Å². The van der Waals surface area contributed by atoms with E-state index in [1.165, 1.54) is 0 Å². The van der Waals surface area contributed by atoms with Crippen LogP contribution < -0.4 is 10.1 Å². The van der Waals surface area contributed by atoms with Crippen LogP contribution in [0.15, 0.2) is 47.5 Å². The summed E-state index contributed by atoms with van der Waals surface area (Å²) in [5.41, 5.74) is 2.45. The van der Waals surface area contributed by atoms with Crippen LogP contribution in [-0.2, 0) is 6.42 Å². The third-order valence-corrected chi connectivity index (χ3v) is 3.77. The average Bonchev–Trinajstić information content (AvgIpc) is 2.98. The van der Waals surface area contributed by atoms with Gasteiger partial charge in [-0.15, -0.1) is 11.7 Å². The smallest absolute Gasteiger partial charge is 0.253 e. The normalized spacial score (nSPS) is 13.0. The molecule has 25 heavy (non-hydrogen) atoms. The predicted octanol–water partition coefficient (Wildman–Crippen LogP) is 2.97. The summed E-state index contributed by atoms with van der Waals surface area (Å²) in [5.74, 6) is 1.71. The Morgan fingerprint density at radius 2 is 2.20 bits per heavy atom. The lowest BCUT2D eigenvalue weighted by Crippen LogP contribution is -2.06. The van der Waals surface area contributed by atoms with Gasteiger partial charge in [-0.3, -0.25) is 0 Å². The number of nitrogens with one attached hydrogen (secondary N) is 1. The number of rotatable bonds is 6. The predicted molar refractivity (Wildman–Crippen MR) is 97.0 cm³/mol. The van der Waals surface area contributed by atoms with Gasteiger partial charge >= 0.3 is 0 Å². The zero-order chi connectivity index (χ0) is 17.6. The van der Waals surface area contributed by atoms with Gasteiger partial charge in [0.1, 0.15) is 5.75 Å². The van der Waals surface area contributed by atoms with E-state index in [1.54, 1.807) is 24.1 Å². The first-order valence-electron chi connectivity index (χ1n) is 7.85. The van der Waals surface area contributed by atoms with E-state index in [1.807, 2.05) is 24.3 Å². The molecular formula is C18H18N6O. The van der Waals surface area contributed by atoms with Gasteiger partial charge in [0.2, 0.25) is 5.95 Å². The maximum atomic E-state index is 9.54. The summed E-state index contributed by atoms with van der Waals surface area (Å²) in [4.78, 5) is 8.69. The second kappa shape index (κ2) is 7.45. The zero-order valence-electron chi connectivity index (χ0n) is 13.9. The molecule has 0 amide bonds. The van der Waals surface area contributed by atoms with Crippen LogP contribution in [0.5, 0.6) is 5.75 Å². The number of hydrogen-bond donors (Lipinski definition) is 1. The van der Waals surface area contributed by atoms with Crippen LogP contribution in [0.2, 0.25) is 0 Å². The Hall–Kier alpha value is -3.40. The molecule has 0 aliphatic carbocycles. The highest BCUT2D eigenvalue weighted by atomic mass is 16.5. The first kappa shape index (κ1) is 16.5. The van der Waals surface area contributed by atoms with Crippen LogP contribution >= 0.6 is 0 Å². The number of aliphatic imine (C=N–C) groups is 1. The van der Waals surface area contributed by atoms with Crippen LogP contribution in [0, 0.1) is 11.3 Å². The van der Waals surface area contributed by atoms with Crippen molar-refractivity contribution in [3.05, 3.63) is 48.1 Å². The maximum absolute atomic E-state index is 9.54. The summed E-state index contributed by atoms with van der Waals surface area (Å²) in [7, 11) is 1.63. The van der Waals surface area contributed by atoms with Crippen LogP contribution in [0.1, 0.15) is 12.0 Å². The highest BCUT2D eigenvalue weighted by Gasteiger charge is 2.19. The topological polar surface area (TPSA) is 88.1 Å². The molecule has 126 valence electrons. The molecule has 0 atom stereocenters. The van der Waals surface area contributed by atoms with E-state index < -0.39 is 0 Å². The van der Waals surface area contributed by atoms with Gasteiger partial charge in [-0.25, -0.2) is 4.99 Å². The zero-order valence-corrected chi connectivity index (χ0v) is 13.9. The van der Waals surface area contributed by atoms with Crippen molar-refractivity contribution in [1.82, 2.24) is 14.8 Å². The first-order valence-corrected chi connectivity index (χ1v) is 7.85. The second-order valence-corrected chi connectivity index (χ2v) is 5.39. The van der Waals surface area contributed by atoms with Gasteiger partial charge in [-0.1, -0.05) is 18.2 Å². The fourth-order valence-electron chi connectivity index (χ4n) is 2.50. The lowest BCUT2D eigenvalue weighted by Gasteiger charge is -2.10. The molecule has 1 aromatic carbocycles. The molecule has 2 heterocycles. The minimum atomic E-state index is 0.457. The molecule has 1 N–H and O–H groups in total. The molecule has 0 radical (unpaired) electrons. The molecule has 2 aromatic rings. The minimum absolute atomic E-state index is 0.457. The summed E-state index contributed by atoms with van der Waals surface area (Å²) >= 11 is 0. The summed E-state index contributed by atoms with van der Waals surface area (Å²) in [6.07, 6.45) is 4.43. The van der Waals surface area contributed by atoms with Crippen molar-refractivity contribution in [3.8, 4) is 11.8 Å². The van der Waals surface area contributed by atoms with E-state index in [-0.39, 0.29) is 0 Å². The first-order chi connectivity index (χ1) is 12.2. The van der Waals surface area contributed by atoms with E-state index in [4.69, 9.17) is 4.74 Å². The van der Waals surface area contributed by atoms with Crippen LogP contribution in [0.4, 0.5) is 11.9 Å². The van der Waals surface area contributed by atoms with Crippen LogP contribution in [-0.4, -0.2) is 34.6 Å². The van der Waals surface area contributed by atoms with Crippen molar-refractivity contribution in [2.45, 2.75) is 12.8 Å². The molecule has 7 nitrogen and oxygen atoms in total. The fraction of sp³-hybridized carbons (Fsp3) is 0.222. The van der Waals surface area contributed by atoms with Crippen molar-refractivity contribution in [2.75, 3.05) is 19.0 Å². The SMILES string of the molecule is C=CCNc1nc2n(n1)C(Cc1ccc(OC)cc1)=C(C#N)CC=N2. The molecule has 3 rings (SSSR count). The number of benzene rings is 1. The Morgan fingerprint density at radius 3 is 2.88 bits per heavy atom. The number of allylic oxidation sites excluding steroid dienone is 2. The standard InChI is InChI=1S/C18H18N6O/c1-3-9-20-17-22-18-21-10-8-14(12-19)16(24(18)23-17)11-13-4-6-15(25-2)7-5-13/h3-7,10H,1,8-9,11H2,2H3,(H,20,23). The molecule has 0 saturated heterocycles. The van der Waals surface area contributed by atoms with E-state index >= 15 is 0 Å². The van der Waals surface area contributed by atoms with Crippen molar-refractivity contribution in [1.29, 1.82) is 5.26 Å². The van der Waals surface area contributed by atoms with Crippen molar-refractivity contribution >= 4 is 23.8 Å². The highest BCUT2D eigenvalue weighted by Crippen LogP contribution is 2.27. The van der Waals surface area contributed by atoms with Crippen molar-refractivity contribution in [3.63, 3.8) is 0 Å². The lowest BCUT2D eigenvalue weighted by molar-refractivity contribution is 0.414. The van der Waals surface area contributed by atoms with Gasteiger partial charge in [-0.2, -0.15) is 14.9 Å². The van der Waals surface area contributed by atoms with Gasteiger partial charge in [0.25, 0.3) is 5.95 Å². The van der Waals surface area contributed by atoms with Crippen molar-refractivity contribution in [2.24, 2.45) is 4.99 Å². The van der Waals surface area contributed by atoms with E-state index in [0.29, 0.717) is 36.9 Å². The molecule has 0 fully saturated rings. The molecule has 0 saturated carbocycles. The third kappa shape index (κ3) is 3.58. The quantitative estimate of drug-likeness (QED) is 0.821. The number of nitriles is 1. The Bertz CT molecular complexity index is 870. The Morgan fingerprint density at radius 1 is 1.40 bits per heavy atom. The number of nitrogens with zero attached hydrogens (tertiary/aromatic N) is 5. The fourth-order valence-corrected chi connectivity index (χ4v) is 2.50. The van der Waals surface area contributed by atoms with Gasteiger partial charge in [-0.05, 0) is 17.7 Å². The summed E-state index contributed by atoms with van der Waals surface area (Å²) in [6, 6.07) is 10.0. The molecule has 7 heteroatoms. The summed E-state index contributed by atoms with van der Waals surface area (Å²) in [6.45, 7) is 4.22. The Kier molecular flexibility index (Phi) is 4.90. The van der Waals surface area contributed by atoms with Gasteiger partial charge < -0.3 is 10.1 Å². The number of fused-ring (bicyclic) bond motifs is 1. The van der Waals surface area contributed by atoms with E-state index in [0.717, 1.165) is 17.0 Å². The number of hydrogen-bond acceptors (Lipinski definition) is 6. The average molecular weight is 334 g/mol. The number of methoxy groups -OCH3 is 1. The highest BCUT2D eigenvalue weighted by molar-refractivity contribution is 5.75. The van der Waals surface area contributed by atoms with E-state index in [9.17, 15) is 5.26 Å². The number of anilines is 1. The Labute approximate surface area is 146 Å². The number of ether oxygens (including phenoxy) is 1. The molecule has 0 spiro atoms. The molecule has 0 unspecified atom stereocenters. The molecule has 1 aliphatic rings. The minimum Gasteiger partial charge on any atom is -0.497 e. The van der Waals surface area contributed by atoms with Crippen LogP contribution in [0.25, 0.3) is 5.70 Å². The van der Waals surface area contributed by atoms with E-state index in [2.05, 4.69) is 33.0 Å². The molecular weight excluding hydrogens is 316 g/mol. The van der Waals surface area contributed by atoms with Gasteiger partial charge in [0.05, 0.1) is 24.4 Å². The number of aromatic nitrogens is 3. The van der Waals surface area contributed by atoms with Crippen molar-refractivity contribution < 1.29 is 4.74 Å². The molecule has 0 bridgehead atoms. The lowest BCUT2D eigenvalue weighted by atomic mass is 10.0. The third-order valence-electron chi connectivity index (χ3n) is 3.77. The largest absolute Gasteiger partial charge is 0.497 e. The van der Waals surface area contributed by atoms with Crippen LogP contribution in [0.3, 0.4) is 0 Å². The Balaban J connectivity index is 1.97. The van der Waals surface area contributed by atoms with Gasteiger partial charge in [0, 0.05) is 25.6 Å². The maximum Gasteiger partial charge on any atom is 0.253 e. The summed E-state index contributed by atoms with van der Waals surface area (Å²) in [5, 5.41) is 17.0. The molecule has 1 aliphatic heterocycles. The molecule has 1 aromatic heterocycles. The summed E-state index contributed by atoms with van der Waals surface area (Å²) < 4.78 is 6.83. The monoisotopic (exact) mass is 334 g/mol. The second-order valence-electron chi connectivity index (χ2n) is 5.39.